The van der Waals surface area contributed by atoms with Crippen LogP contribution in [0.1, 0.15) is 25.8 Å². The Bertz CT molecular complexity index is 395. The molecule has 2 unspecified atom stereocenters. The first kappa shape index (κ1) is 13.9. The third-order valence-electron chi connectivity index (χ3n) is 3.67. The second kappa shape index (κ2) is 6.07. The molecule has 0 saturated carbocycles. The molecule has 18 heavy (non-hydrogen) atoms. The van der Waals surface area contributed by atoms with Crippen molar-refractivity contribution in [3.05, 3.63) is 28.2 Å². The highest BCUT2D eigenvalue weighted by atomic mass is 79.9. The van der Waals surface area contributed by atoms with Crippen LogP contribution < -0.4 is 10.6 Å². The Labute approximate surface area is 119 Å². The van der Waals surface area contributed by atoms with E-state index in [-0.39, 0.29) is 0 Å². The van der Waals surface area contributed by atoms with Crippen LogP contribution >= 0.6 is 15.9 Å². The number of hydrogen-bond acceptors (Lipinski definition) is 2. The molecule has 1 fully saturated rings. The second-order valence-corrected chi connectivity index (χ2v) is 6.58. The number of nitrogens with zero attached hydrogens (tertiary/aromatic N) is 1. The van der Waals surface area contributed by atoms with Crippen molar-refractivity contribution in [1.29, 1.82) is 0 Å². The van der Waals surface area contributed by atoms with E-state index in [1.54, 1.807) is 0 Å². The number of benzene rings is 1. The van der Waals surface area contributed by atoms with Crippen molar-refractivity contribution in [2.45, 2.75) is 26.7 Å². The van der Waals surface area contributed by atoms with Gasteiger partial charge in [0.15, 0.2) is 0 Å². The predicted octanol–water partition coefficient (Wildman–Crippen LogP) is 3.43. The van der Waals surface area contributed by atoms with Crippen LogP contribution in [0.25, 0.3) is 0 Å². The van der Waals surface area contributed by atoms with E-state index in [1.807, 2.05) is 0 Å². The van der Waals surface area contributed by atoms with Gasteiger partial charge in [0.2, 0.25) is 0 Å². The van der Waals surface area contributed by atoms with Gasteiger partial charge in [0.25, 0.3) is 0 Å². The summed E-state index contributed by atoms with van der Waals surface area (Å²) in [6.07, 6.45) is 2.30. The Morgan fingerprint density at radius 1 is 1.28 bits per heavy atom. The minimum absolute atomic E-state index is 0.716. The summed E-state index contributed by atoms with van der Waals surface area (Å²) in [7, 11) is 0. The highest BCUT2D eigenvalue weighted by molar-refractivity contribution is 9.10. The molecule has 0 bridgehead atoms. The molecule has 2 rings (SSSR count). The van der Waals surface area contributed by atoms with Crippen molar-refractivity contribution in [2.75, 3.05) is 24.5 Å². The van der Waals surface area contributed by atoms with Gasteiger partial charge in [-0.15, -0.1) is 0 Å². The minimum atomic E-state index is 0.716. The largest absolute Gasteiger partial charge is 0.371 e. The molecule has 3 heteroatoms. The summed E-state index contributed by atoms with van der Waals surface area (Å²) < 4.78 is 1.16. The number of rotatable bonds is 3. The molecular weight excluding hydrogens is 288 g/mol. The first-order valence-electron chi connectivity index (χ1n) is 6.83. The van der Waals surface area contributed by atoms with E-state index in [0.717, 1.165) is 22.7 Å². The average Bonchev–Trinajstić information content (AvgIpc) is 2.30. The first-order valence-corrected chi connectivity index (χ1v) is 7.63. The molecule has 0 aromatic heterocycles. The molecule has 1 saturated heterocycles. The van der Waals surface area contributed by atoms with Gasteiger partial charge in [0.05, 0.1) is 0 Å². The van der Waals surface area contributed by atoms with E-state index in [9.17, 15) is 0 Å². The molecule has 2 nitrogen and oxygen atoms in total. The summed E-state index contributed by atoms with van der Waals surface area (Å²) in [5, 5.41) is 0. The van der Waals surface area contributed by atoms with Crippen molar-refractivity contribution in [3.8, 4) is 0 Å². The monoisotopic (exact) mass is 310 g/mol. The van der Waals surface area contributed by atoms with Crippen LogP contribution in [0.4, 0.5) is 5.69 Å². The summed E-state index contributed by atoms with van der Waals surface area (Å²) >= 11 is 3.59. The summed E-state index contributed by atoms with van der Waals surface area (Å²) in [5.41, 5.74) is 8.47. The molecule has 1 heterocycles. The van der Waals surface area contributed by atoms with Crippen LogP contribution in [-0.4, -0.2) is 19.6 Å². The lowest BCUT2D eigenvalue weighted by Crippen LogP contribution is -2.39. The summed E-state index contributed by atoms with van der Waals surface area (Å²) in [4.78, 5) is 2.54. The van der Waals surface area contributed by atoms with Crippen LogP contribution in [0, 0.1) is 11.8 Å². The molecule has 1 aliphatic rings. The van der Waals surface area contributed by atoms with E-state index in [0.29, 0.717) is 6.54 Å². The smallest absolute Gasteiger partial charge is 0.0410 e. The van der Waals surface area contributed by atoms with Crippen LogP contribution in [0.3, 0.4) is 0 Å². The highest BCUT2D eigenvalue weighted by Gasteiger charge is 2.23. The topological polar surface area (TPSA) is 29.3 Å². The molecule has 2 atom stereocenters. The molecule has 0 radical (unpaired) electrons. The van der Waals surface area contributed by atoms with Gasteiger partial charge >= 0.3 is 0 Å². The third kappa shape index (κ3) is 3.27. The molecule has 1 aromatic carbocycles. The highest BCUT2D eigenvalue weighted by Crippen LogP contribution is 2.31. The lowest BCUT2D eigenvalue weighted by atomic mass is 9.91. The van der Waals surface area contributed by atoms with Crippen LogP contribution in [-0.2, 0) is 6.42 Å². The number of anilines is 1. The van der Waals surface area contributed by atoms with Gasteiger partial charge in [0, 0.05) is 23.2 Å². The van der Waals surface area contributed by atoms with Gasteiger partial charge in [-0.3, -0.25) is 0 Å². The second-order valence-electron chi connectivity index (χ2n) is 5.66. The Morgan fingerprint density at radius 3 is 2.56 bits per heavy atom. The minimum Gasteiger partial charge on any atom is -0.371 e. The van der Waals surface area contributed by atoms with Crippen molar-refractivity contribution >= 4 is 21.6 Å². The quantitative estimate of drug-likeness (QED) is 0.926. The SMILES string of the molecule is CC1CC(C)CN(c2cc(Br)ccc2CCN)C1. The first-order chi connectivity index (χ1) is 8.60. The molecule has 1 aliphatic heterocycles. The molecule has 100 valence electrons. The normalized spacial score (nSPS) is 24.3. The van der Waals surface area contributed by atoms with Gasteiger partial charge < -0.3 is 10.6 Å². The Hall–Kier alpha value is -0.540. The molecule has 0 spiro atoms. The zero-order valence-electron chi connectivity index (χ0n) is 11.3. The summed E-state index contributed by atoms with van der Waals surface area (Å²) in [5.74, 6) is 1.55. The van der Waals surface area contributed by atoms with E-state index in [1.165, 1.54) is 30.8 Å². The molecule has 0 amide bonds. The van der Waals surface area contributed by atoms with Crippen LogP contribution in [0.5, 0.6) is 0 Å². The fourth-order valence-electron chi connectivity index (χ4n) is 3.06. The lowest BCUT2D eigenvalue weighted by molar-refractivity contribution is 0.356. The zero-order chi connectivity index (χ0) is 13.1. The maximum Gasteiger partial charge on any atom is 0.0410 e. The number of piperidine rings is 1. The maximum atomic E-state index is 5.72. The van der Waals surface area contributed by atoms with Crippen molar-refractivity contribution in [1.82, 2.24) is 0 Å². The van der Waals surface area contributed by atoms with Gasteiger partial charge in [-0.25, -0.2) is 0 Å². The van der Waals surface area contributed by atoms with E-state index in [4.69, 9.17) is 5.73 Å². The zero-order valence-corrected chi connectivity index (χ0v) is 12.9. The fraction of sp³-hybridized carbons (Fsp3) is 0.600. The van der Waals surface area contributed by atoms with Crippen LogP contribution in [0.15, 0.2) is 22.7 Å². The van der Waals surface area contributed by atoms with E-state index in [2.05, 4.69) is 52.9 Å². The van der Waals surface area contributed by atoms with E-state index >= 15 is 0 Å². The Morgan fingerprint density at radius 2 is 1.94 bits per heavy atom. The number of halogens is 1. The average molecular weight is 311 g/mol. The van der Waals surface area contributed by atoms with Crippen molar-refractivity contribution in [3.63, 3.8) is 0 Å². The molecule has 1 aromatic rings. The summed E-state index contributed by atoms with van der Waals surface area (Å²) in [6.45, 7) is 7.75. The van der Waals surface area contributed by atoms with Crippen molar-refractivity contribution < 1.29 is 0 Å². The van der Waals surface area contributed by atoms with E-state index < -0.39 is 0 Å². The van der Waals surface area contributed by atoms with Crippen LogP contribution in [0.2, 0.25) is 0 Å². The summed E-state index contributed by atoms with van der Waals surface area (Å²) in [6, 6.07) is 6.57. The van der Waals surface area contributed by atoms with Gasteiger partial charge in [-0.1, -0.05) is 35.8 Å². The Balaban J connectivity index is 2.27. The fourth-order valence-corrected chi connectivity index (χ4v) is 3.41. The van der Waals surface area contributed by atoms with Gasteiger partial charge in [0.1, 0.15) is 0 Å². The van der Waals surface area contributed by atoms with Gasteiger partial charge in [-0.05, 0) is 48.9 Å². The number of nitrogens with two attached hydrogens (primary N) is 1. The molecule has 0 aliphatic carbocycles. The maximum absolute atomic E-state index is 5.72. The predicted molar refractivity (Wildman–Crippen MR) is 82.1 cm³/mol. The standard InChI is InChI=1S/C15H23BrN2/c1-11-7-12(2)10-18(9-11)15-8-14(16)4-3-13(15)5-6-17/h3-4,8,11-12H,5-7,9-10,17H2,1-2H3. The lowest BCUT2D eigenvalue weighted by Gasteiger charge is -2.37. The number of hydrogen-bond donors (Lipinski definition) is 1. The van der Waals surface area contributed by atoms with Gasteiger partial charge in [-0.2, -0.15) is 0 Å². The van der Waals surface area contributed by atoms with Crippen molar-refractivity contribution in [2.24, 2.45) is 17.6 Å². The third-order valence-corrected chi connectivity index (χ3v) is 4.16. The molecule has 2 N–H and O–H groups in total. The molecular formula is C15H23BrN2. The Kier molecular flexibility index (Phi) is 4.68.